The highest BCUT2D eigenvalue weighted by Gasteiger charge is 2.39. The Morgan fingerprint density at radius 1 is 1.35 bits per heavy atom. The highest BCUT2D eigenvalue weighted by Crippen LogP contribution is 2.26. The van der Waals surface area contributed by atoms with Crippen LogP contribution in [0.4, 0.5) is 0 Å². The normalized spacial score (nSPS) is 26.6. The average molecular weight is 360 g/mol. The fourth-order valence-corrected chi connectivity index (χ4v) is 4.66. The SMILES string of the molecule is CC(=O)N1CCCC(O)(CN2CC(Cn3nc4c(cc3=O)CCC4)C2)C1. The largest absolute Gasteiger partial charge is 0.387 e. The molecular weight excluding hydrogens is 332 g/mol. The summed E-state index contributed by atoms with van der Waals surface area (Å²) in [5.41, 5.74) is 1.40. The minimum atomic E-state index is -0.808. The Hall–Kier alpha value is -1.73. The molecule has 1 aliphatic carbocycles. The lowest BCUT2D eigenvalue weighted by Gasteiger charge is -2.46. The minimum Gasteiger partial charge on any atom is -0.387 e. The van der Waals surface area contributed by atoms with Crippen LogP contribution in [0.25, 0.3) is 0 Å². The maximum atomic E-state index is 12.2. The maximum absolute atomic E-state index is 12.2. The summed E-state index contributed by atoms with van der Waals surface area (Å²) in [5, 5.41) is 15.4. The van der Waals surface area contributed by atoms with E-state index in [0.29, 0.717) is 25.6 Å². The van der Waals surface area contributed by atoms with E-state index in [-0.39, 0.29) is 11.5 Å². The van der Waals surface area contributed by atoms with Crippen molar-refractivity contribution in [1.29, 1.82) is 0 Å². The first kappa shape index (κ1) is 17.7. The maximum Gasteiger partial charge on any atom is 0.267 e. The second-order valence-corrected chi connectivity index (χ2v) is 8.32. The number of aromatic nitrogens is 2. The predicted molar refractivity (Wildman–Crippen MR) is 96.9 cm³/mol. The summed E-state index contributed by atoms with van der Waals surface area (Å²) in [6.07, 6.45) is 4.64. The molecule has 1 atom stereocenters. The molecule has 7 heteroatoms. The van der Waals surface area contributed by atoms with Gasteiger partial charge in [-0.2, -0.15) is 5.10 Å². The molecule has 1 N–H and O–H groups in total. The summed E-state index contributed by atoms with van der Waals surface area (Å²) < 4.78 is 1.62. The van der Waals surface area contributed by atoms with Crippen molar-refractivity contribution in [2.75, 3.05) is 32.7 Å². The summed E-state index contributed by atoms with van der Waals surface area (Å²) in [5.74, 6) is 0.433. The number of carbonyl (C=O) groups is 1. The summed E-state index contributed by atoms with van der Waals surface area (Å²) in [4.78, 5) is 27.8. The Morgan fingerprint density at radius 3 is 2.92 bits per heavy atom. The highest BCUT2D eigenvalue weighted by molar-refractivity contribution is 5.73. The van der Waals surface area contributed by atoms with Crippen LogP contribution >= 0.6 is 0 Å². The van der Waals surface area contributed by atoms with Crippen molar-refractivity contribution in [3.63, 3.8) is 0 Å². The van der Waals surface area contributed by atoms with Crippen molar-refractivity contribution in [1.82, 2.24) is 19.6 Å². The average Bonchev–Trinajstić information content (AvgIpc) is 2.99. The molecule has 1 unspecified atom stereocenters. The third kappa shape index (κ3) is 3.55. The van der Waals surface area contributed by atoms with Gasteiger partial charge in [0.25, 0.3) is 5.56 Å². The summed E-state index contributed by atoms with van der Waals surface area (Å²) in [6.45, 7) is 5.72. The Kier molecular flexibility index (Phi) is 4.61. The third-order valence-electron chi connectivity index (χ3n) is 6.01. The van der Waals surface area contributed by atoms with E-state index in [1.54, 1.807) is 22.6 Å². The lowest BCUT2D eigenvalue weighted by Crippen LogP contribution is -2.60. The quantitative estimate of drug-likeness (QED) is 0.820. The van der Waals surface area contributed by atoms with Gasteiger partial charge in [-0.25, -0.2) is 4.68 Å². The first-order valence-corrected chi connectivity index (χ1v) is 9.72. The summed E-state index contributed by atoms with van der Waals surface area (Å²) in [6, 6.07) is 1.76. The van der Waals surface area contributed by atoms with Crippen molar-refractivity contribution in [2.45, 2.75) is 51.2 Å². The molecule has 0 saturated carbocycles. The van der Waals surface area contributed by atoms with E-state index in [1.165, 1.54) is 0 Å². The first-order valence-electron chi connectivity index (χ1n) is 9.72. The van der Waals surface area contributed by atoms with E-state index in [9.17, 15) is 14.7 Å². The smallest absolute Gasteiger partial charge is 0.267 e. The molecule has 26 heavy (non-hydrogen) atoms. The number of piperidine rings is 1. The van der Waals surface area contributed by atoms with Crippen LogP contribution in [0.5, 0.6) is 0 Å². The van der Waals surface area contributed by atoms with E-state index < -0.39 is 5.60 Å². The molecule has 1 aromatic heterocycles. The number of hydrogen-bond donors (Lipinski definition) is 1. The van der Waals surface area contributed by atoms with Crippen molar-refractivity contribution in [3.05, 3.63) is 27.7 Å². The molecule has 0 aromatic carbocycles. The molecule has 1 amide bonds. The van der Waals surface area contributed by atoms with Crippen LogP contribution in [0.3, 0.4) is 0 Å². The van der Waals surface area contributed by atoms with Crippen LogP contribution in [0, 0.1) is 5.92 Å². The molecule has 2 fully saturated rings. The van der Waals surface area contributed by atoms with Gasteiger partial charge in [0.1, 0.15) is 0 Å². The van der Waals surface area contributed by atoms with Crippen molar-refractivity contribution in [3.8, 4) is 0 Å². The van der Waals surface area contributed by atoms with Gasteiger partial charge in [-0.1, -0.05) is 0 Å². The fourth-order valence-electron chi connectivity index (χ4n) is 4.66. The molecule has 3 aliphatic rings. The van der Waals surface area contributed by atoms with Gasteiger partial charge in [0.2, 0.25) is 5.91 Å². The molecule has 0 spiro atoms. The number of aryl methyl sites for hydroxylation is 2. The number of nitrogens with zero attached hydrogens (tertiary/aromatic N) is 4. The molecule has 3 heterocycles. The number of amides is 1. The Morgan fingerprint density at radius 2 is 2.15 bits per heavy atom. The second-order valence-electron chi connectivity index (χ2n) is 8.32. The standard InChI is InChI=1S/C19H28N4O3/c1-14(24)22-7-3-6-19(26,13-22)12-21-9-15(10-21)11-23-18(25)8-16-4-2-5-17(16)20-23/h8,15,26H,2-7,9-13H2,1H3. The van der Waals surface area contributed by atoms with Crippen LogP contribution in [-0.4, -0.2) is 68.9 Å². The van der Waals surface area contributed by atoms with Crippen molar-refractivity contribution >= 4 is 5.91 Å². The van der Waals surface area contributed by atoms with E-state index in [4.69, 9.17) is 0 Å². The zero-order chi connectivity index (χ0) is 18.3. The lowest BCUT2D eigenvalue weighted by molar-refractivity contribution is -0.138. The molecule has 142 valence electrons. The van der Waals surface area contributed by atoms with E-state index >= 15 is 0 Å². The van der Waals surface area contributed by atoms with Gasteiger partial charge in [0.15, 0.2) is 0 Å². The molecule has 2 saturated heterocycles. The Bertz CT molecular complexity index is 756. The number of hydrogen-bond acceptors (Lipinski definition) is 5. The van der Waals surface area contributed by atoms with Crippen LogP contribution in [0.2, 0.25) is 0 Å². The zero-order valence-corrected chi connectivity index (χ0v) is 15.5. The predicted octanol–water partition coefficient (Wildman–Crippen LogP) is 0.0372. The molecule has 4 rings (SSSR count). The number of fused-ring (bicyclic) bond motifs is 1. The second kappa shape index (κ2) is 6.78. The van der Waals surface area contributed by atoms with Crippen LogP contribution in [0.1, 0.15) is 37.4 Å². The minimum absolute atomic E-state index is 0.00658. The van der Waals surface area contributed by atoms with Gasteiger partial charge >= 0.3 is 0 Å². The number of carbonyl (C=O) groups excluding carboxylic acids is 1. The van der Waals surface area contributed by atoms with Gasteiger partial charge in [-0.05, 0) is 37.7 Å². The van der Waals surface area contributed by atoms with Crippen LogP contribution < -0.4 is 5.56 Å². The monoisotopic (exact) mass is 360 g/mol. The lowest BCUT2D eigenvalue weighted by atomic mass is 9.89. The Balaban J connectivity index is 1.31. The molecular formula is C19H28N4O3. The number of aliphatic hydroxyl groups is 1. The third-order valence-corrected chi connectivity index (χ3v) is 6.01. The molecule has 1 aromatic rings. The van der Waals surface area contributed by atoms with Crippen molar-refractivity contribution < 1.29 is 9.90 Å². The fraction of sp³-hybridized carbons (Fsp3) is 0.737. The zero-order valence-electron chi connectivity index (χ0n) is 15.5. The summed E-state index contributed by atoms with van der Waals surface area (Å²) >= 11 is 0. The van der Waals surface area contributed by atoms with Gasteiger partial charge in [0.05, 0.1) is 24.4 Å². The van der Waals surface area contributed by atoms with Crippen LogP contribution in [-0.2, 0) is 24.2 Å². The van der Waals surface area contributed by atoms with Gasteiger partial charge in [-0.3, -0.25) is 14.5 Å². The number of likely N-dealkylation sites (tertiary alicyclic amines) is 2. The van der Waals surface area contributed by atoms with Crippen molar-refractivity contribution in [2.24, 2.45) is 5.92 Å². The summed E-state index contributed by atoms with van der Waals surface area (Å²) in [7, 11) is 0. The van der Waals surface area contributed by atoms with Gasteiger partial charge < -0.3 is 10.0 Å². The van der Waals surface area contributed by atoms with Crippen LogP contribution in [0.15, 0.2) is 10.9 Å². The van der Waals surface area contributed by atoms with Gasteiger partial charge in [-0.15, -0.1) is 0 Å². The molecule has 0 bridgehead atoms. The molecule has 7 nitrogen and oxygen atoms in total. The number of rotatable bonds is 4. The van der Waals surface area contributed by atoms with E-state index in [1.807, 2.05) is 0 Å². The van der Waals surface area contributed by atoms with Gasteiger partial charge in [0, 0.05) is 45.1 Å². The highest BCUT2D eigenvalue weighted by atomic mass is 16.3. The molecule has 2 aliphatic heterocycles. The number of β-amino-alcohol motifs (C(OH)–C–C–N with tert-alkyl or cyclic N) is 1. The Labute approximate surface area is 153 Å². The molecule has 0 radical (unpaired) electrons. The van der Waals surface area contributed by atoms with E-state index in [2.05, 4.69) is 10.00 Å². The first-order chi connectivity index (χ1) is 12.4. The van der Waals surface area contributed by atoms with E-state index in [0.717, 1.165) is 63.0 Å². The topological polar surface area (TPSA) is 78.7 Å².